The molecule has 0 amide bonds. The molecule has 0 atom stereocenters. The molecule has 0 radical (unpaired) electrons. The summed E-state index contributed by atoms with van der Waals surface area (Å²) in [6.45, 7) is 7.69. The Kier molecular flexibility index (Phi) is 8.62. The standard InChI is InChI=1S/C20H27N7O.HI/c1-14(2)18-10-17(28-26-18)12-22-20(21-11-16-8-6-5-7-9-16)23-13-19-25-24-15(3)27(19)4;/h5-10,14H,11-13H2,1-4H3,(H2,21,22,23);1H. The minimum absolute atomic E-state index is 0. The van der Waals surface area contributed by atoms with Crippen LogP contribution in [0.15, 0.2) is 45.9 Å². The average Bonchev–Trinajstić information content (AvgIpc) is 3.30. The van der Waals surface area contributed by atoms with E-state index in [9.17, 15) is 0 Å². The molecule has 8 nitrogen and oxygen atoms in total. The number of hydrogen-bond donors (Lipinski definition) is 2. The van der Waals surface area contributed by atoms with Crippen LogP contribution in [-0.4, -0.2) is 25.9 Å². The summed E-state index contributed by atoms with van der Waals surface area (Å²) in [5.74, 6) is 3.49. The lowest BCUT2D eigenvalue weighted by Gasteiger charge is -2.11. The van der Waals surface area contributed by atoms with Crippen LogP contribution in [0.2, 0.25) is 0 Å². The Balaban J connectivity index is 0.00000300. The highest BCUT2D eigenvalue weighted by Crippen LogP contribution is 2.13. The van der Waals surface area contributed by atoms with E-state index in [1.807, 2.05) is 42.8 Å². The number of guanidine groups is 1. The summed E-state index contributed by atoms with van der Waals surface area (Å²) in [6.07, 6.45) is 0. The molecular formula is C20H28IN7O. The molecule has 3 aromatic rings. The molecule has 1 aromatic carbocycles. The fraction of sp³-hybridized carbons (Fsp3) is 0.400. The molecule has 2 N–H and O–H groups in total. The summed E-state index contributed by atoms with van der Waals surface area (Å²) in [7, 11) is 1.95. The number of hydrogen-bond acceptors (Lipinski definition) is 5. The predicted octanol–water partition coefficient (Wildman–Crippen LogP) is 3.29. The second-order valence-corrected chi connectivity index (χ2v) is 6.95. The van der Waals surface area contributed by atoms with E-state index < -0.39 is 0 Å². The zero-order valence-electron chi connectivity index (χ0n) is 17.2. The molecule has 0 aliphatic heterocycles. The van der Waals surface area contributed by atoms with E-state index in [4.69, 9.17) is 4.52 Å². The maximum Gasteiger partial charge on any atom is 0.192 e. The van der Waals surface area contributed by atoms with Crippen LogP contribution in [-0.2, 0) is 26.7 Å². The Labute approximate surface area is 188 Å². The number of rotatable bonds is 7. The molecule has 0 spiro atoms. The van der Waals surface area contributed by atoms with Crippen LogP contribution in [0.4, 0.5) is 0 Å². The van der Waals surface area contributed by atoms with Gasteiger partial charge in [0.25, 0.3) is 0 Å². The van der Waals surface area contributed by atoms with Gasteiger partial charge in [-0.25, -0.2) is 4.99 Å². The number of nitrogens with zero attached hydrogens (tertiary/aromatic N) is 5. The molecule has 3 rings (SSSR count). The van der Waals surface area contributed by atoms with Gasteiger partial charge in [0.05, 0.1) is 25.3 Å². The number of benzene rings is 1. The zero-order valence-corrected chi connectivity index (χ0v) is 19.5. The van der Waals surface area contributed by atoms with Crippen LogP contribution in [0, 0.1) is 6.92 Å². The number of aliphatic imine (C=N–C) groups is 1. The molecule has 2 aromatic heterocycles. The van der Waals surface area contributed by atoms with Crippen LogP contribution in [0.25, 0.3) is 0 Å². The molecule has 0 saturated carbocycles. The van der Waals surface area contributed by atoms with Crippen molar-refractivity contribution in [2.75, 3.05) is 0 Å². The van der Waals surface area contributed by atoms with Crippen molar-refractivity contribution < 1.29 is 4.52 Å². The van der Waals surface area contributed by atoms with Crippen molar-refractivity contribution in [1.29, 1.82) is 0 Å². The lowest BCUT2D eigenvalue weighted by molar-refractivity contribution is 0.372. The van der Waals surface area contributed by atoms with Crippen molar-refractivity contribution in [3.63, 3.8) is 0 Å². The third kappa shape index (κ3) is 6.55. The molecule has 0 fully saturated rings. The Morgan fingerprint density at radius 1 is 1.14 bits per heavy atom. The van der Waals surface area contributed by atoms with Crippen molar-refractivity contribution in [2.45, 2.75) is 46.3 Å². The first kappa shape index (κ1) is 22.9. The monoisotopic (exact) mass is 509 g/mol. The maximum atomic E-state index is 5.40. The molecule has 2 heterocycles. The van der Waals surface area contributed by atoms with Gasteiger partial charge in [0.2, 0.25) is 0 Å². The third-order valence-electron chi connectivity index (χ3n) is 4.46. The Morgan fingerprint density at radius 3 is 2.48 bits per heavy atom. The minimum atomic E-state index is 0. The Hall–Kier alpha value is -2.43. The second-order valence-electron chi connectivity index (χ2n) is 6.95. The molecule has 29 heavy (non-hydrogen) atoms. The number of aryl methyl sites for hydroxylation is 1. The topological polar surface area (TPSA) is 93.2 Å². The van der Waals surface area contributed by atoms with E-state index in [0.717, 1.165) is 28.7 Å². The molecule has 0 unspecified atom stereocenters. The number of nitrogens with one attached hydrogen (secondary N) is 2. The predicted molar refractivity (Wildman–Crippen MR) is 123 cm³/mol. The SMILES string of the molecule is Cc1nnc(CNC(=NCc2ccccc2)NCc2cc(C(C)C)no2)n1C.I. The normalized spacial score (nSPS) is 11.4. The van der Waals surface area contributed by atoms with Crippen molar-refractivity contribution in [2.24, 2.45) is 12.0 Å². The molecule has 0 saturated heterocycles. The summed E-state index contributed by atoms with van der Waals surface area (Å²) in [5.41, 5.74) is 2.09. The van der Waals surface area contributed by atoms with Crippen LogP contribution in [0.5, 0.6) is 0 Å². The van der Waals surface area contributed by atoms with Gasteiger partial charge in [0.1, 0.15) is 5.82 Å². The fourth-order valence-electron chi connectivity index (χ4n) is 2.55. The summed E-state index contributed by atoms with van der Waals surface area (Å²) in [4.78, 5) is 4.68. The number of halogens is 1. The molecule has 0 aliphatic carbocycles. The first-order valence-corrected chi connectivity index (χ1v) is 9.39. The van der Waals surface area contributed by atoms with Crippen LogP contribution in [0.1, 0.15) is 48.4 Å². The van der Waals surface area contributed by atoms with E-state index in [1.54, 1.807) is 0 Å². The zero-order chi connectivity index (χ0) is 19.9. The van der Waals surface area contributed by atoms with E-state index in [2.05, 4.69) is 57.0 Å². The molecule has 0 bridgehead atoms. The van der Waals surface area contributed by atoms with Gasteiger partial charge in [-0.3, -0.25) is 0 Å². The van der Waals surface area contributed by atoms with Gasteiger partial charge in [0, 0.05) is 13.1 Å². The van der Waals surface area contributed by atoms with E-state index in [1.165, 1.54) is 0 Å². The van der Waals surface area contributed by atoms with Crippen molar-refractivity contribution in [1.82, 2.24) is 30.6 Å². The molecule has 0 aliphatic rings. The van der Waals surface area contributed by atoms with Crippen LogP contribution >= 0.6 is 24.0 Å². The summed E-state index contributed by atoms with van der Waals surface area (Å²) < 4.78 is 7.35. The largest absolute Gasteiger partial charge is 0.359 e. The molecule has 9 heteroatoms. The van der Waals surface area contributed by atoms with Crippen molar-refractivity contribution in [3.8, 4) is 0 Å². The quantitative estimate of drug-likeness (QED) is 0.289. The molecular weight excluding hydrogens is 481 g/mol. The summed E-state index contributed by atoms with van der Waals surface area (Å²) in [5, 5.41) is 19.0. The van der Waals surface area contributed by atoms with Gasteiger partial charge in [-0.2, -0.15) is 0 Å². The van der Waals surface area contributed by atoms with Crippen molar-refractivity contribution in [3.05, 3.63) is 65.1 Å². The lowest BCUT2D eigenvalue weighted by Crippen LogP contribution is -2.37. The highest BCUT2D eigenvalue weighted by atomic mass is 127. The second kappa shape index (κ2) is 10.9. The van der Waals surface area contributed by atoms with Gasteiger partial charge < -0.3 is 19.7 Å². The maximum absolute atomic E-state index is 5.40. The summed E-state index contributed by atoms with van der Waals surface area (Å²) in [6, 6.07) is 12.1. The third-order valence-corrected chi connectivity index (χ3v) is 4.46. The van der Waals surface area contributed by atoms with Gasteiger partial charge in [-0.1, -0.05) is 49.3 Å². The fourth-order valence-corrected chi connectivity index (χ4v) is 2.55. The lowest BCUT2D eigenvalue weighted by atomic mass is 10.1. The Morgan fingerprint density at radius 2 is 1.86 bits per heavy atom. The smallest absolute Gasteiger partial charge is 0.192 e. The molecule has 156 valence electrons. The first-order valence-electron chi connectivity index (χ1n) is 9.39. The highest BCUT2D eigenvalue weighted by molar-refractivity contribution is 14.0. The van der Waals surface area contributed by atoms with E-state index in [0.29, 0.717) is 31.5 Å². The first-order chi connectivity index (χ1) is 13.5. The number of aromatic nitrogens is 4. The van der Waals surface area contributed by atoms with Crippen LogP contribution in [0.3, 0.4) is 0 Å². The average molecular weight is 509 g/mol. The highest BCUT2D eigenvalue weighted by Gasteiger charge is 2.10. The van der Waals surface area contributed by atoms with Gasteiger partial charge >= 0.3 is 0 Å². The van der Waals surface area contributed by atoms with E-state index in [-0.39, 0.29) is 24.0 Å². The Bertz CT molecular complexity index is 918. The van der Waals surface area contributed by atoms with Crippen molar-refractivity contribution >= 4 is 29.9 Å². The minimum Gasteiger partial charge on any atom is -0.359 e. The van der Waals surface area contributed by atoms with E-state index >= 15 is 0 Å². The van der Waals surface area contributed by atoms with Gasteiger partial charge in [0.15, 0.2) is 17.5 Å². The van der Waals surface area contributed by atoms with Gasteiger partial charge in [-0.05, 0) is 18.4 Å². The van der Waals surface area contributed by atoms with Gasteiger partial charge in [-0.15, -0.1) is 34.2 Å². The van der Waals surface area contributed by atoms with Crippen LogP contribution < -0.4 is 10.6 Å². The summed E-state index contributed by atoms with van der Waals surface area (Å²) >= 11 is 0.